The van der Waals surface area contributed by atoms with Crippen LogP contribution in [0.2, 0.25) is 0 Å². The second kappa shape index (κ2) is 2.90. The van der Waals surface area contributed by atoms with E-state index in [2.05, 4.69) is 0 Å². The largest absolute Gasteiger partial charge is 0.364 e. The molecule has 1 nitrogen and oxygen atoms in total. The Balaban J connectivity index is 3.62. The molecule has 0 saturated carbocycles. The summed E-state index contributed by atoms with van der Waals surface area (Å²) in [5.74, 6) is 0. The molecule has 1 atom stereocenters. The SMILES string of the molecule is COC(Cl)C(C)(C)Cl. The molecule has 0 heterocycles. The zero-order valence-corrected chi connectivity index (χ0v) is 6.75. The standard InChI is InChI=1S/C5H10Cl2O/c1-5(2,7)4(6)8-3/h4H,1-3H3. The highest BCUT2D eigenvalue weighted by Gasteiger charge is 2.23. The van der Waals surface area contributed by atoms with Crippen molar-refractivity contribution in [2.45, 2.75) is 24.3 Å². The number of ether oxygens (including phenoxy) is 1. The fourth-order valence-corrected chi connectivity index (χ4v) is 0.369. The van der Waals surface area contributed by atoms with Gasteiger partial charge in [-0.25, -0.2) is 0 Å². The fraction of sp³-hybridized carbons (Fsp3) is 1.00. The first-order valence-electron chi connectivity index (χ1n) is 2.34. The minimum Gasteiger partial charge on any atom is -0.364 e. The van der Waals surface area contributed by atoms with E-state index in [1.807, 2.05) is 0 Å². The summed E-state index contributed by atoms with van der Waals surface area (Å²) >= 11 is 11.3. The van der Waals surface area contributed by atoms with Crippen molar-refractivity contribution in [3.8, 4) is 0 Å². The zero-order valence-electron chi connectivity index (χ0n) is 5.24. The molecule has 50 valence electrons. The molecule has 1 unspecified atom stereocenters. The molecule has 0 fully saturated rings. The Bertz CT molecular complexity index is 67.3. The van der Waals surface area contributed by atoms with Gasteiger partial charge in [0.2, 0.25) is 0 Å². The molecule has 0 aliphatic heterocycles. The van der Waals surface area contributed by atoms with E-state index in [1.54, 1.807) is 13.8 Å². The van der Waals surface area contributed by atoms with E-state index in [9.17, 15) is 0 Å². The van der Waals surface area contributed by atoms with Gasteiger partial charge in [-0.05, 0) is 13.8 Å². The molecule has 0 saturated heterocycles. The molecule has 8 heavy (non-hydrogen) atoms. The van der Waals surface area contributed by atoms with Crippen molar-refractivity contribution in [2.75, 3.05) is 7.11 Å². The molecule has 0 radical (unpaired) electrons. The fourth-order valence-electron chi connectivity index (χ4n) is 0.280. The Hall–Kier alpha value is 0.540. The van der Waals surface area contributed by atoms with Gasteiger partial charge in [0.15, 0.2) is 0 Å². The van der Waals surface area contributed by atoms with Crippen LogP contribution in [-0.2, 0) is 4.74 Å². The number of alkyl halides is 2. The van der Waals surface area contributed by atoms with Crippen LogP contribution in [0.3, 0.4) is 0 Å². The zero-order chi connectivity index (χ0) is 6.78. The summed E-state index contributed by atoms with van der Waals surface area (Å²) in [6, 6.07) is 0. The molecular weight excluding hydrogens is 147 g/mol. The quantitative estimate of drug-likeness (QED) is 0.558. The first-order chi connectivity index (χ1) is 3.48. The maximum Gasteiger partial charge on any atom is 0.149 e. The van der Waals surface area contributed by atoms with Crippen LogP contribution in [0.1, 0.15) is 13.8 Å². The number of rotatable bonds is 2. The van der Waals surface area contributed by atoms with Crippen LogP contribution >= 0.6 is 23.2 Å². The molecule has 3 heteroatoms. The molecule has 0 aliphatic rings. The van der Waals surface area contributed by atoms with Crippen LogP contribution in [0.5, 0.6) is 0 Å². The van der Waals surface area contributed by atoms with Gasteiger partial charge in [-0.2, -0.15) is 0 Å². The third-order valence-corrected chi connectivity index (χ3v) is 1.78. The lowest BCUT2D eigenvalue weighted by atomic mass is 10.2. The van der Waals surface area contributed by atoms with Crippen LogP contribution in [0.15, 0.2) is 0 Å². The van der Waals surface area contributed by atoms with Crippen molar-refractivity contribution in [3.63, 3.8) is 0 Å². The normalized spacial score (nSPS) is 16.1. The van der Waals surface area contributed by atoms with Gasteiger partial charge in [-0.1, -0.05) is 11.6 Å². The van der Waals surface area contributed by atoms with Crippen molar-refractivity contribution >= 4 is 23.2 Å². The summed E-state index contributed by atoms with van der Waals surface area (Å²) < 4.78 is 4.75. The molecule has 0 spiro atoms. The Labute approximate surface area is 59.9 Å². The molecule has 0 aliphatic carbocycles. The predicted molar refractivity (Wildman–Crippen MR) is 36.6 cm³/mol. The summed E-state index contributed by atoms with van der Waals surface area (Å²) in [6.45, 7) is 3.60. The summed E-state index contributed by atoms with van der Waals surface area (Å²) in [6.07, 6.45) is 0. The lowest BCUT2D eigenvalue weighted by Crippen LogP contribution is -2.26. The van der Waals surface area contributed by atoms with Crippen molar-refractivity contribution in [1.82, 2.24) is 0 Å². The molecule has 0 amide bonds. The van der Waals surface area contributed by atoms with E-state index in [0.29, 0.717) is 0 Å². The van der Waals surface area contributed by atoms with Gasteiger partial charge in [-0.3, -0.25) is 0 Å². The summed E-state index contributed by atoms with van der Waals surface area (Å²) in [5, 5.41) is 0. The molecule has 0 aromatic rings. The number of hydrogen-bond acceptors (Lipinski definition) is 1. The van der Waals surface area contributed by atoms with Gasteiger partial charge in [0.25, 0.3) is 0 Å². The average Bonchev–Trinajstić information content (AvgIpc) is 1.62. The molecule has 0 aromatic carbocycles. The maximum atomic E-state index is 5.73. The third kappa shape index (κ3) is 2.75. The summed E-state index contributed by atoms with van der Waals surface area (Å²) in [4.78, 5) is -0.476. The van der Waals surface area contributed by atoms with E-state index < -0.39 is 10.4 Å². The average molecular weight is 157 g/mol. The van der Waals surface area contributed by atoms with Crippen molar-refractivity contribution in [3.05, 3.63) is 0 Å². The van der Waals surface area contributed by atoms with E-state index >= 15 is 0 Å². The topological polar surface area (TPSA) is 9.23 Å². The molecule has 0 rings (SSSR count). The Morgan fingerprint density at radius 2 is 1.88 bits per heavy atom. The van der Waals surface area contributed by atoms with E-state index in [4.69, 9.17) is 27.9 Å². The Kier molecular flexibility index (Phi) is 3.10. The minimum absolute atomic E-state index is 0.413. The number of methoxy groups -OCH3 is 1. The van der Waals surface area contributed by atoms with Crippen molar-refractivity contribution in [2.24, 2.45) is 0 Å². The Morgan fingerprint density at radius 1 is 1.50 bits per heavy atom. The first-order valence-corrected chi connectivity index (χ1v) is 3.15. The second-order valence-electron chi connectivity index (χ2n) is 2.12. The van der Waals surface area contributed by atoms with Crippen molar-refractivity contribution in [1.29, 1.82) is 0 Å². The lowest BCUT2D eigenvalue weighted by Gasteiger charge is -2.20. The molecule has 0 aromatic heterocycles. The molecule has 0 N–H and O–H groups in total. The van der Waals surface area contributed by atoms with Crippen LogP contribution in [0, 0.1) is 0 Å². The van der Waals surface area contributed by atoms with Gasteiger partial charge in [0.05, 0.1) is 4.87 Å². The summed E-state index contributed by atoms with van der Waals surface area (Å²) in [5.41, 5.74) is -0.413. The number of halogens is 2. The van der Waals surface area contributed by atoms with E-state index in [-0.39, 0.29) is 0 Å². The third-order valence-electron chi connectivity index (χ3n) is 0.747. The highest BCUT2D eigenvalue weighted by molar-refractivity contribution is 6.31. The first kappa shape index (κ1) is 8.54. The van der Waals surface area contributed by atoms with Crippen LogP contribution < -0.4 is 0 Å². The van der Waals surface area contributed by atoms with Crippen LogP contribution in [0.25, 0.3) is 0 Å². The maximum absolute atomic E-state index is 5.73. The van der Waals surface area contributed by atoms with Gasteiger partial charge < -0.3 is 4.74 Å². The molecule has 0 bridgehead atoms. The van der Waals surface area contributed by atoms with Crippen molar-refractivity contribution < 1.29 is 4.74 Å². The minimum atomic E-state index is -0.476. The van der Waals surface area contributed by atoms with Crippen LogP contribution in [0.4, 0.5) is 0 Å². The van der Waals surface area contributed by atoms with Gasteiger partial charge >= 0.3 is 0 Å². The summed E-state index contributed by atoms with van der Waals surface area (Å²) in [7, 11) is 1.53. The lowest BCUT2D eigenvalue weighted by molar-refractivity contribution is 0.141. The monoisotopic (exact) mass is 156 g/mol. The van der Waals surface area contributed by atoms with Crippen LogP contribution in [-0.4, -0.2) is 17.5 Å². The van der Waals surface area contributed by atoms with Gasteiger partial charge in [0.1, 0.15) is 5.56 Å². The predicted octanol–water partition coefficient (Wildman–Crippen LogP) is 2.22. The second-order valence-corrected chi connectivity index (χ2v) is 3.49. The Morgan fingerprint density at radius 3 is 1.88 bits per heavy atom. The van der Waals surface area contributed by atoms with E-state index in [0.717, 1.165) is 0 Å². The number of hydrogen-bond donors (Lipinski definition) is 0. The van der Waals surface area contributed by atoms with E-state index in [1.165, 1.54) is 7.11 Å². The smallest absolute Gasteiger partial charge is 0.149 e. The highest BCUT2D eigenvalue weighted by atomic mass is 35.5. The molecular formula is C5H10Cl2O. The van der Waals surface area contributed by atoms with Gasteiger partial charge in [-0.15, -0.1) is 11.6 Å². The highest BCUT2D eigenvalue weighted by Crippen LogP contribution is 2.22. The van der Waals surface area contributed by atoms with Gasteiger partial charge in [0, 0.05) is 7.11 Å².